The van der Waals surface area contributed by atoms with E-state index in [0.29, 0.717) is 6.61 Å². The maximum atomic E-state index is 12.1. The third kappa shape index (κ3) is 6.92. The van der Waals surface area contributed by atoms with Gasteiger partial charge in [-0.25, -0.2) is 4.79 Å². The van der Waals surface area contributed by atoms with E-state index in [1.54, 1.807) is 6.92 Å². The topological polar surface area (TPSA) is 88.7 Å². The Balaban J connectivity index is 1.77. The van der Waals surface area contributed by atoms with Crippen molar-refractivity contribution in [3.8, 4) is 5.75 Å². The summed E-state index contributed by atoms with van der Waals surface area (Å²) >= 11 is 0. The van der Waals surface area contributed by atoms with Crippen LogP contribution in [0.4, 0.5) is 10.5 Å². The molecule has 1 saturated heterocycles. The molecule has 1 aliphatic rings. The van der Waals surface area contributed by atoms with Gasteiger partial charge in [-0.15, -0.1) is 0 Å². The lowest BCUT2D eigenvalue weighted by molar-refractivity contribution is -0.120. The average Bonchev–Trinajstić information content (AvgIpc) is 3.05. The van der Waals surface area contributed by atoms with Gasteiger partial charge in [-0.2, -0.15) is 0 Å². The number of urea groups is 1. The molecule has 7 nitrogen and oxygen atoms in total. The van der Waals surface area contributed by atoms with Gasteiger partial charge in [0.25, 0.3) is 0 Å². The zero-order valence-corrected chi connectivity index (χ0v) is 15.9. The number of benzene rings is 1. The van der Waals surface area contributed by atoms with E-state index in [1.165, 1.54) is 0 Å². The number of imide groups is 1. The predicted octanol–water partition coefficient (Wildman–Crippen LogP) is 2.67. The van der Waals surface area contributed by atoms with Gasteiger partial charge in [0.05, 0.1) is 6.10 Å². The van der Waals surface area contributed by atoms with Crippen molar-refractivity contribution in [1.82, 2.24) is 10.6 Å². The van der Waals surface area contributed by atoms with Crippen LogP contribution in [0, 0.1) is 0 Å². The summed E-state index contributed by atoms with van der Waals surface area (Å²) in [7, 11) is 0. The van der Waals surface area contributed by atoms with Crippen molar-refractivity contribution in [3.63, 3.8) is 0 Å². The van der Waals surface area contributed by atoms with Crippen LogP contribution in [0.2, 0.25) is 0 Å². The minimum Gasteiger partial charge on any atom is -0.491 e. The smallest absolute Gasteiger partial charge is 0.321 e. The molecule has 3 amide bonds. The molecule has 1 heterocycles. The monoisotopic (exact) mass is 363 g/mol. The number of nitrogens with one attached hydrogen (secondary N) is 3. The number of anilines is 1. The lowest BCUT2D eigenvalue weighted by Gasteiger charge is -2.21. The van der Waals surface area contributed by atoms with E-state index in [0.717, 1.165) is 30.9 Å². The average molecular weight is 363 g/mol. The number of hydrogen-bond acceptors (Lipinski definition) is 5. The third-order valence-corrected chi connectivity index (χ3v) is 3.82. The quantitative estimate of drug-likeness (QED) is 0.723. The molecule has 1 aromatic carbocycles. The lowest BCUT2D eigenvalue weighted by Crippen LogP contribution is -2.51. The Morgan fingerprint density at radius 2 is 1.96 bits per heavy atom. The van der Waals surface area contributed by atoms with Gasteiger partial charge in [0.1, 0.15) is 18.4 Å². The molecule has 0 aliphatic carbocycles. The van der Waals surface area contributed by atoms with Crippen molar-refractivity contribution in [2.75, 3.05) is 18.5 Å². The van der Waals surface area contributed by atoms with Crippen molar-refractivity contribution in [2.45, 2.75) is 58.2 Å². The molecule has 144 valence electrons. The Kier molecular flexibility index (Phi) is 6.85. The fraction of sp³-hybridized carbons (Fsp3) is 0.579. The molecule has 26 heavy (non-hydrogen) atoms. The van der Waals surface area contributed by atoms with Gasteiger partial charge in [-0.1, -0.05) is 0 Å². The molecule has 2 atom stereocenters. The minimum atomic E-state index is -0.556. The van der Waals surface area contributed by atoms with Gasteiger partial charge in [-0.3, -0.25) is 10.1 Å². The molecule has 7 heteroatoms. The van der Waals surface area contributed by atoms with E-state index in [4.69, 9.17) is 9.47 Å². The Morgan fingerprint density at radius 3 is 2.54 bits per heavy atom. The van der Waals surface area contributed by atoms with Gasteiger partial charge in [0.15, 0.2) is 0 Å². The fourth-order valence-corrected chi connectivity index (χ4v) is 2.52. The third-order valence-electron chi connectivity index (χ3n) is 3.82. The summed E-state index contributed by atoms with van der Waals surface area (Å²) in [6.45, 7) is 8.60. The Labute approximate surface area is 154 Å². The van der Waals surface area contributed by atoms with Crippen LogP contribution >= 0.6 is 0 Å². The maximum Gasteiger partial charge on any atom is 0.321 e. The molecule has 0 spiro atoms. The molecule has 1 fully saturated rings. The molecule has 1 aliphatic heterocycles. The molecule has 0 radical (unpaired) electrons. The minimum absolute atomic E-state index is 0.177. The highest BCUT2D eigenvalue weighted by Crippen LogP contribution is 2.19. The molecule has 0 bridgehead atoms. The van der Waals surface area contributed by atoms with E-state index in [-0.39, 0.29) is 6.10 Å². The Morgan fingerprint density at radius 1 is 1.27 bits per heavy atom. The zero-order valence-electron chi connectivity index (χ0n) is 15.9. The van der Waals surface area contributed by atoms with Crippen molar-refractivity contribution >= 4 is 17.6 Å². The number of ether oxygens (including phenoxy) is 2. The summed E-state index contributed by atoms with van der Waals surface area (Å²) in [4.78, 5) is 23.8. The fourth-order valence-electron chi connectivity index (χ4n) is 2.52. The van der Waals surface area contributed by atoms with Crippen LogP contribution in [0.1, 0.15) is 40.5 Å². The standard InChI is InChI=1S/C19H29N3O4/c1-13(17(23)21-18(24)22-19(2,3)4)20-14-7-9-15(10-8-14)26-12-16-6-5-11-25-16/h7-10,13,16,20H,5-6,11-12H2,1-4H3,(H2,21,22,23,24). The van der Waals surface area contributed by atoms with Crippen molar-refractivity contribution in [3.05, 3.63) is 24.3 Å². The second-order valence-corrected chi connectivity index (χ2v) is 7.53. The van der Waals surface area contributed by atoms with Crippen LogP contribution in [0.15, 0.2) is 24.3 Å². The van der Waals surface area contributed by atoms with Gasteiger partial charge in [0, 0.05) is 17.8 Å². The highest BCUT2D eigenvalue weighted by molar-refractivity contribution is 5.98. The highest BCUT2D eigenvalue weighted by atomic mass is 16.5. The number of rotatable bonds is 6. The van der Waals surface area contributed by atoms with Gasteiger partial charge < -0.3 is 20.1 Å². The van der Waals surface area contributed by atoms with Crippen LogP contribution in [-0.2, 0) is 9.53 Å². The second kappa shape index (κ2) is 8.89. The van der Waals surface area contributed by atoms with Crippen molar-refractivity contribution in [1.29, 1.82) is 0 Å². The number of hydrogen-bond donors (Lipinski definition) is 3. The molecule has 0 aromatic heterocycles. The second-order valence-electron chi connectivity index (χ2n) is 7.53. The van der Waals surface area contributed by atoms with E-state index >= 15 is 0 Å². The van der Waals surface area contributed by atoms with E-state index in [9.17, 15) is 9.59 Å². The summed E-state index contributed by atoms with van der Waals surface area (Å²) < 4.78 is 11.2. The first-order chi connectivity index (χ1) is 12.2. The van der Waals surface area contributed by atoms with Crippen molar-refractivity contribution < 1.29 is 19.1 Å². The zero-order chi connectivity index (χ0) is 19.2. The summed E-state index contributed by atoms with van der Waals surface area (Å²) in [5.41, 5.74) is 0.369. The molecular weight excluding hydrogens is 334 g/mol. The van der Waals surface area contributed by atoms with E-state index in [1.807, 2.05) is 45.0 Å². The number of carbonyl (C=O) groups excluding carboxylic acids is 2. The summed E-state index contributed by atoms with van der Waals surface area (Å²) in [5, 5.41) is 8.08. The number of carbonyl (C=O) groups is 2. The molecular formula is C19H29N3O4. The van der Waals surface area contributed by atoms with Crippen molar-refractivity contribution in [2.24, 2.45) is 0 Å². The van der Waals surface area contributed by atoms with Crippen LogP contribution < -0.4 is 20.7 Å². The lowest BCUT2D eigenvalue weighted by atomic mass is 10.1. The molecule has 2 unspecified atom stereocenters. The maximum absolute atomic E-state index is 12.1. The van der Waals surface area contributed by atoms with Crippen LogP contribution in [-0.4, -0.2) is 42.8 Å². The van der Waals surface area contributed by atoms with Crippen LogP contribution in [0.3, 0.4) is 0 Å². The first-order valence-corrected chi connectivity index (χ1v) is 8.97. The van der Waals surface area contributed by atoms with Crippen LogP contribution in [0.5, 0.6) is 5.75 Å². The Bertz CT molecular complexity index is 604. The predicted molar refractivity (Wildman–Crippen MR) is 100 cm³/mol. The largest absolute Gasteiger partial charge is 0.491 e. The molecule has 2 rings (SSSR count). The van der Waals surface area contributed by atoms with Gasteiger partial charge in [-0.05, 0) is 64.8 Å². The summed E-state index contributed by atoms with van der Waals surface area (Å²) in [6, 6.07) is 6.30. The highest BCUT2D eigenvalue weighted by Gasteiger charge is 2.19. The molecule has 0 saturated carbocycles. The summed E-state index contributed by atoms with van der Waals surface area (Å²) in [6.07, 6.45) is 2.30. The molecule has 3 N–H and O–H groups in total. The first kappa shape index (κ1) is 20.0. The van der Waals surface area contributed by atoms with E-state index in [2.05, 4.69) is 16.0 Å². The molecule has 1 aromatic rings. The van der Waals surface area contributed by atoms with E-state index < -0.39 is 23.5 Å². The van der Waals surface area contributed by atoms with Gasteiger partial charge >= 0.3 is 6.03 Å². The Hall–Kier alpha value is -2.28. The SMILES string of the molecule is CC(Nc1ccc(OCC2CCCO2)cc1)C(=O)NC(=O)NC(C)(C)C. The first-order valence-electron chi connectivity index (χ1n) is 8.97. The normalized spacial score (nSPS) is 18.1. The van der Waals surface area contributed by atoms with Crippen LogP contribution in [0.25, 0.3) is 0 Å². The number of amides is 3. The van der Waals surface area contributed by atoms with Gasteiger partial charge in [0.2, 0.25) is 5.91 Å². The summed E-state index contributed by atoms with van der Waals surface area (Å²) in [5.74, 6) is 0.359.